The second-order valence-electron chi connectivity index (χ2n) is 4.79. The minimum Gasteiger partial charge on any atom is -0.507 e. The molecule has 3 N–H and O–H groups in total. The molecule has 1 aromatic carbocycles. The van der Waals surface area contributed by atoms with Crippen LogP contribution in [0.1, 0.15) is 23.2 Å². The molecule has 5 nitrogen and oxygen atoms in total. The summed E-state index contributed by atoms with van der Waals surface area (Å²) in [5.41, 5.74) is 0.283. The number of amides is 1. The summed E-state index contributed by atoms with van der Waals surface area (Å²) in [5, 5.41) is 15.9. The molecule has 5 heteroatoms. The van der Waals surface area contributed by atoms with Crippen LogP contribution in [0.25, 0.3) is 0 Å². The summed E-state index contributed by atoms with van der Waals surface area (Å²) in [4.78, 5) is 11.9. The number of methoxy groups -OCH3 is 1. The van der Waals surface area contributed by atoms with E-state index in [1.165, 1.54) is 19.6 Å². The van der Waals surface area contributed by atoms with Gasteiger partial charge in [0.15, 0.2) is 0 Å². The van der Waals surface area contributed by atoms with Gasteiger partial charge in [-0.15, -0.1) is 0 Å². The quantitative estimate of drug-likeness (QED) is 0.745. The van der Waals surface area contributed by atoms with E-state index in [1.807, 2.05) is 0 Å². The summed E-state index contributed by atoms with van der Waals surface area (Å²) in [6.45, 7) is 2.73. The molecule has 1 saturated heterocycles. The van der Waals surface area contributed by atoms with Gasteiger partial charge in [0.05, 0.1) is 12.7 Å². The van der Waals surface area contributed by atoms with Gasteiger partial charge in [-0.2, -0.15) is 0 Å². The molecule has 1 aliphatic heterocycles. The molecule has 1 atom stereocenters. The number of carbonyl (C=O) groups is 1. The molecule has 1 aromatic rings. The van der Waals surface area contributed by atoms with E-state index in [-0.39, 0.29) is 17.2 Å². The Morgan fingerprint density at radius 2 is 2.42 bits per heavy atom. The van der Waals surface area contributed by atoms with E-state index in [4.69, 9.17) is 4.74 Å². The molecule has 0 aliphatic carbocycles. The molecule has 104 valence electrons. The van der Waals surface area contributed by atoms with Crippen LogP contribution in [-0.2, 0) is 0 Å². The fraction of sp³-hybridized carbons (Fsp3) is 0.500. The molecule has 2 rings (SSSR count). The Balaban J connectivity index is 1.85. The lowest BCUT2D eigenvalue weighted by atomic mass is 10.1. The molecule has 1 amide bonds. The minimum atomic E-state index is -0.244. The number of benzene rings is 1. The summed E-state index contributed by atoms with van der Waals surface area (Å²) in [5.74, 6) is 0.876. The maximum absolute atomic E-state index is 11.9. The molecule has 0 aromatic heterocycles. The van der Waals surface area contributed by atoms with Crippen molar-refractivity contribution in [3.8, 4) is 11.5 Å². The average molecular weight is 264 g/mol. The molecule has 0 spiro atoms. The first-order valence-corrected chi connectivity index (χ1v) is 6.56. The van der Waals surface area contributed by atoms with Crippen molar-refractivity contribution in [3.05, 3.63) is 23.8 Å². The molecular weight excluding hydrogens is 244 g/mol. The second kappa shape index (κ2) is 6.43. The van der Waals surface area contributed by atoms with Crippen molar-refractivity contribution in [1.29, 1.82) is 0 Å². The molecule has 1 heterocycles. The van der Waals surface area contributed by atoms with Crippen LogP contribution in [-0.4, -0.2) is 37.8 Å². The Labute approximate surface area is 113 Å². The number of aromatic hydroxyl groups is 1. The molecule has 1 fully saturated rings. The molecule has 0 bridgehead atoms. The maximum Gasteiger partial charge on any atom is 0.255 e. The monoisotopic (exact) mass is 264 g/mol. The first kappa shape index (κ1) is 13.7. The summed E-state index contributed by atoms with van der Waals surface area (Å²) in [6, 6.07) is 4.67. The SMILES string of the molecule is COc1ccc(C(=O)NCCC2CCNC2)c(O)c1. The molecule has 0 saturated carbocycles. The number of hydrogen-bond donors (Lipinski definition) is 3. The van der Waals surface area contributed by atoms with Crippen molar-refractivity contribution in [1.82, 2.24) is 10.6 Å². The van der Waals surface area contributed by atoms with Crippen LogP contribution >= 0.6 is 0 Å². The van der Waals surface area contributed by atoms with E-state index < -0.39 is 0 Å². The molecule has 0 radical (unpaired) electrons. The highest BCUT2D eigenvalue weighted by atomic mass is 16.5. The highest BCUT2D eigenvalue weighted by Crippen LogP contribution is 2.23. The van der Waals surface area contributed by atoms with Crippen molar-refractivity contribution < 1.29 is 14.6 Å². The topological polar surface area (TPSA) is 70.6 Å². The summed E-state index contributed by atoms with van der Waals surface area (Å²) >= 11 is 0. The third-order valence-corrected chi connectivity index (χ3v) is 3.45. The zero-order valence-corrected chi connectivity index (χ0v) is 11.1. The van der Waals surface area contributed by atoms with Gasteiger partial charge in [-0.1, -0.05) is 0 Å². The number of phenolic OH excluding ortho intramolecular Hbond substituents is 1. The van der Waals surface area contributed by atoms with Gasteiger partial charge in [-0.05, 0) is 44.0 Å². The summed E-state index contributed by atoms with van der Waals surface area (Å²) in [7, 11) is 1.52. The molecular formula is C14H20N2O3. The third-order valence-electron chi connectivity index (χ3n) is 3.45. The van der Waals surface area contributed by atoms with E-state index in [1.54, 1.807) is 12.1 Å². The number of ether oxygens (including phenoxy) is 1. The summed E-state index contributed by atoms with van der Waals surface area (Å²) in [6.07, 6.45) is 2.14. The fourth-order valence-corrected chi connectivity index (χ4v) is 2.28. The van der Waals surface area contributed by atoms with Gasteiger partial charge in [-0.3, -0.25) is 4.79 Å². The molecule has 1 aliphatic rings. The average Bonchev–Trinajstić information content (AvgIpc) is 2.91. The third kappa shape index (κ3) is 3.61. The Kier molecular flexibility index (Phi) is 4.63. The second-order valence-corrected chi connectivity index (χ2v) is 4.79. The van der Waals surface area contributed by atoms with Crippen molar-refractivity contribution in [2.24, 2.45) is 5.92 Å². The van der Waals surface area contributed by atoms with Gasteiger partial charge in [0.2, 0.25) is 0 Å². The fourth-order valence-electron chi connectivity index (χ4n) is 2.28. The van der Waals surface area contributed by atoms with Gasteiger partial charge in [-0.25, -0.2) is 0 Å². The summed E-state index contributed by atoms with van der Waals surface area (Å²) < 4.78 is 4.98. The number of rotatable bonds is 5. The smallest absolute Gasteiger partial charge is 0.255 e. The number of hydrogen-bond acceptors (Lipinski definition) is 4. The van der Waals surface area contributed by atoms with Gasteiger partial charge in [0, 0.05) is 12.6 Å². The Morgan fingerprint density at radius 3 is 3.05 bits per heavy atom. The number of phenols is 1. The van der Waals surface area contributed by atoms with Gasteiger partial charge < -0.3 is 20.5 Å². The van der Waals surface area contributed by atoms with Crippen molar-refractivity contribution in [2.75, 3.05) is 26.7 Å². The largest absolute Gasteiger partial charge is 0.507 e. The lowest BCUT2D eigenvalue weighted by Crippen LogP contribution is -2.26. The standard InChI is InChI=1S/C14H20N2O3/c1-19-11-2-3-12(13(17)8-11)14(18)16-7-5-10-4-6-15-9-10/h2-3,8,10,15,17H,4-7,9H2,1H3,(H,16,18). The first-order chi connectivity index (χ1) is 9.20. The number of carbonyl (C=O) groups excluding carboxylic acids is 1. The molecule has 19 heavy (non-hydrogen) atoms. The zero-order chi connectivity index (χ0) is 13.7. The van der Waals surface area contributed by atoms with Gasteiger partial charge >= 0.3 is 0 Å². The first-order valence-electron chi connectivity index (χ1n) is 6.56. The van der Waals surface area contributed by atoms with Crippen LogP contribution in [0.3, 0.4) is 0 Å². The van der Waals surface area contributed by atoms with E-state index >= 15 is 0 Å². The Bertz CT molecular complexity index is 442. The van der Waals surface area contributed by atoms with Crippen LogP contribution in [0.5, 0.6) is 11.5 Å². The van der Waals surface area contributed by atoms with Crippen LogP contribution < -0.4 is 15.4 Å². The van der Waals surface area contributed by atoms with Gasteiger partial charge in [0.1, 0.15) is 11.5 Å². The highest BCUT2D eigenvalue weighted by molar-refractivity contribution is 5.96. The lowest BCUT2D eigenvalue weighted by Gasteiger charge is -2.10. The van der Waals surface area contributed by atoms with E-state index in [0.717, 1.165) is 19.5 Å². The Hall–Kier alpha value is -1.75. The lowest BCUT2D eigenvalue weighted by molar-refractivity contribution is 0.0949. The highest BCUT2D eigenvalue weighted by Gasteiger charge is 2.15. The zero-order valence-electron chi connectivity index (χ0n) is 11.1. The predicted octanol–water partition coefficient (Wildman–Crippen LogP) is 1.13. The normalized spacial score (nSPS) is 18.3. The van der Waals surface area contributed by atoms with Crippen molar-refractivity contribution >= 4 is 5.91 Å². The van der Waals surface area contributed by atoms with E-state index in [9.17, 15) is 9.90 Å². The van der Waals surface area contributed by atoms with Crippen LogP contribution in [0.2, 0.25) is 0 Å². The van der Waals surface area contributed by atoms with E-state index in [2.05, 4.69) is 10.6 Å². The van der Waals surface area contributed by atoms with Gasteiger partial charge in [0.25, 0.3) is 5.91 Å². The van der Waals surface area contributed by atoms with Crippen molar-refractivity contribution in [2.45, 2.75) is 12.8 Å². The minimum absolute atomic E-state index is 0.0561. The van der Waals surface area contributed by atoms with Crippen LogP contribution in [0, 0.1) is 5.92 Å². The predicted molar refractivity (Wildman–Crippen MR) is 72.6 cm³/mol. The maximum atomic E-state index is 11.9. The Morgan fingerprint density at radius 1 is 1.58 bits per heavy atom. The van der Waals surface area contributed by atoms with Crippen LogP contribution in [0.15, 0.2) is 18.2 Å². The van der Waals surface area contributed by atoms with Crippen molar-refractivity contribution in [3.63, 3.8) is 0 Å². The van der Waals surface area contributed by atoms with E-state index in [0.29, 0.717) is 18.2 Å². The van der Waals surface area contributed by atoms with Crippen LogP contribution in [0.4, 0.5) is 0 Å². The molecule has 1 unspecified atom stereocenters. The number of nitrogens with one attached hydrogen (secondary N) is 2.